The van der Waals surface area contributed by atoms with Gasteiger partial charge in [0.2, 0.25) is 12.2 Å². The van der Waals surface area contributed by atoms with E-state index in [1.54, 1.807) is 0 Å². The Morgan fingerprint density at radius 2 is 1.24 bits per heavy atom. The fraction of sp³-hybridized carbons (Fsp3) is 0.756. The van der Waals surface area contributed by atoms with Gasteiger partial charge in [-0.15, -0.1) is 0 Å². The summed E-state index contributed by atoms with van der Waals surface area (Å²) in [5, 5.41) is 44.2. The molecule has 4 aromatic rings. The topological polar surface area (TPSA) is 457 Å². The minimum absolute atomic E-state index is 0.00453. The van der Waals surface area contributed by atoms with Crippen LogP contribution in [0.15, 0.2) is 17.4 Å². The lowest BCUT2D eigenvalue weighted by Crippen LogP contribution is -2.46. The largest absolute Gasteiger partial charge is 0.856 e. The number of aromatic amines is 1. The highest BCUT2D eigenvalue weighted by molar-refractivity contribution is 7.75. The van der Waals surface area contributed by atoms with E-state index in [2.05, 4.69) is 115 Å². The Bertz CT molecular complexity index is 2720. The Kier molecular flexibility index (Phi) is 27.0. The van der Waals surface area contributed by atoms with Crippen molar-refractivity contribution in [2.24, 2.45) is 7.05 Å². The first-order chi connectivity index (χ1) is 36.4. The van der Waals surface area contributed by atoms with Crippen molar-refractivity contribution in [3.63, 3.8) is 0 Å². The van der Waals surface area contributed by atoms with E-state index >= 15 is 0 Å². The van der Waals surface area contributed by atoms with E-state index < -0.39 is 110 Å². The lowest BCUT2D eigenvalue weighted by Gasteiger charge is -2.22. The number of H-pyrrole nitrogens is 1. The van der Waals surface area contributed by atoms with Crippen LogP contribution in [-0.2, 0) is 57.2 Å². The van der Waals surface area contributed by atoms with Crippen molar-refractivity contribution < 1.29 is 94.7 Å². The molecule has 0 radical (unpaired) electrons. The normalized spacial score (nSPS) is 24.4. The number of ether oxygens (including phenoxy) is 3. The SMILES string of the molecule is CCN(CC)CC.CCN(CC)CC.CCN(CC)CC.CO[C@@H]1[C@H](O)[C@@H](COP(=O)(O)CP(=O)(O)OP(=O)(O)OP(=O)(O)OC[C@H]2O[C@@H](n3cnc4c(=O)[nH]c(N)nc43)[C@H](O)[C@@H]2O)O[C@H]1[n+]1cn(C)c2c([O-])nc(N)nc21. The van der Waals surface area contributed by atoms with Gasteiger partial charge in [-0.25, -0.2) is 28.0 Å². The van der Waals surface area contributed by atoms with Gasteiger partial charge in [-0.2, -0.15) is 9.29 Å². The average Bonchev–Trinajstić information content (AvgIpc) is 4.10. The van der Waals surface area contributed by atoms with Crippen molar-refractivity contribution in [3.05, 3.63) is 23.0 Å². The minimum atomic E-state index is -6.11. The Morgan fingerprint density at radius 3 is 1.74 bits per heavy atom. The van der Waals surface area contributed by atoms with Gasteiger partial charge in [0.05, 0.1) is 26.6 Å². The minimum Gasteiger partial charge on any atom is -0.856 e. The number of rotatable bonds is 24. The molecule has 78 heavy (non-hydrogen) atoms. The molecule has 2 aliphatic rings. The smallest absolute Gasteiger partial charge is 0.488 e. The molecule has 6 rings (SSSR count). The van der Waals surface area contributed by atoms with Gasteiger partial charge in [-0.1, -0.05) is 67.3 Å². The van der Waals surface area contributed by atoms with Crippen LogP contribution in [0.1, 0.15) is 74.8 Å². The molecular weight excluding hydrogens is 1120 g/mol. The molecule has 37 heteroatoms. The number of hydrogen-bond donors (Lipinski definition) is 10. The van der Waals surface area contributed by atoms with E-state index in [1.807, 2.05) is 0 Å². The number of aliphatic hydroxyl groups is 3. The lowest BCUT2D eigenvalue weighted by molar-refractivity contribution is -0.746. The zero-order chi connectivity index (χ0) is 59.1. The Morgan fingerprint density at radius 1 is 0.731 bits per heavy atom. The van der Waals surface area contributed by atoms with Crippen molar-refractivity contribution >= 4 is 65.1 Å². The van der Waals surface area contributed by atoms with Gasteiger partial charge >= 0.3 is 36.5 Å². The lowest BCUT2D eigenvalue weighted by atomic mass is 10.1. The Hall–Kier alpha value is -3.46. The summed E-state index contributed by atoms with van der Waals surface area (Å²) in [5.74, 6) is -3.33. The second-order valence-electron chi connectivity index (χ2n) is 17.2. The van der Waals surface area contributed by atoms with Gasteiger partial charge < -0.3 is 84.9 Å². The molecule has 0 spiro atoms. The number of hydrogen-bond acceptors (Lipinski definition) is 25. The van der Waals surface area contributed by atoms with Crippen molar-refractivity contribution in [3.8, 4) is 5.88 Å². The second-order valence-corrected chi connectivity index (χ2v) is 24.6. The molecule has 4 aromatic heterocycles. The van der Waals surface area contributed by atoms with E-state index in [4.69, 9.17) is 30.2 Å². The van der Waals surface area contributed by atoms with Crippen LogP contribution in [0.5, 0.6) is 5.88 Å². The number of nitrogens with zero attached hydrogens (tertiary/aromatic N) is 10. The predicted octanol–water partition coefficient (Wildman–Crippen LogP) is 0.159. The van der Waals surface area contributed by atoms with Gasteiger partial charge in [0.15, 0.2) is 35.1 Å². The monoisotopic (exact) mass is 1200 g/mol. The summed E-state index contributed by atoms with van der Waals surface area (Å²) in [6.45, 7) is 28.3. The molecule has 2 fully saturated rings. The van der Waals surface area contributed by atoms with Gasteiger partial charge in [0.25, 0.3) is 11.5 Å². The molecule has 0 saturated carbocycles. The average molecular weight is 1200 g/mol. The third-order valence-electron chi connectivity index (χ3n) is 12.3. The van der Waals surface area contributed by atoms with Crippen LogP contribution in [-0.4, -0.2) is 205 Å². The van der Waals surface area contributed by atoms with Gasteiger partial charge in [0.1, 0.15) is 36.6 Å². The summed E-state index contributed by atoms with van der Waals surface area (Å²) in [7, 11) is -20.2. The standard InChI is InChI=1S/C23H34N10O20P4.3C6H15N/c1-31-6-33(17-11(31)19(38)30-23(25)28-17)21-15(47-2)13(35)9(51-21)3-48-54(39,40)7-55(41,42)52-57(45,46)53-56(43,44)49-4-8-12(34)14(36)20(50-8)32-5-26-10-16(32)27-22(24)29-18(10)37;3*1-4-7(5-2)6-3/h5-6,8-9,12-15,20-21,34-36H,3-4,7H2,1-2H3,(H9-,24,25,27,28,29,30,37,38,39,40,41,42,43,44,45,46);3*4-6H2,1-3H3/t8-,9-,12-,13-,14-,15-,20-,21-;;;/m1.../s1. The fourth-order valence-corrected chi connectivity index (χ4v) is 14.4. The highest BCUT2D eigenvalue weighted by atomic mass is 31.3. The second kappa shape index (κ2) is 30.6. The summed E-state index contributed by atoms with van der Waals surface area (Å²) in [5.41, 5.74) is 10.0. The van der Waals surface area contributed by atoms with Gasteiger partial charge in [-0.05, 0) is 58.9 Å². The summed E-state index contributed by atoms with van der Waals surface area (Å²) >= 11 is 0. The number of phosphoric acid groups is 2. The Balaban J connectivity index is 0.000000641. The molecule has 0 aliphatic carbocycles. The number of aliphatic hydroxyl groups excluding tert-OH is 3. The molecule has 6 heterocycles. The van der Waals surface area contributed by atoms with Crippen molar-refractivity contribution in [2.45, 2.75) is 111 Å². The van der Waals surface area contributed by atoms with Crippen LogP contribution in [0.2, 0.25) is 0 Å². The number of aromatic nitrogens is 8. The first kappa shape index (κ1) is 68.8. The van der Waals surface area contributed by atoms with Crippen LogP contribution in [0.25, 0.3) is 22.3 Å². The summed E-state index contributed by atoms with van der Waals surface area (Å²) < 4.78 is 88.1. The fourth-order valence-electron chi connectivity index (χ4n) is 7.97. The maximum Gasteiger partial charge on any atom is 0.488 e. The Labute approximate surface area is 451 Å². The molecule has 2 aliphatic heterocycles. The molecule has 0 bridgehead atoms. The zero-order valence-electron chi connectivity index (χ0n) is 45.6. The van der Waals surface area contributed by atoms with Crippen LogP contribution in [0.4, 0.5) is 11.9 Å². The van der Waals surface area contributed by atoms with E-state index in [9.17, 15) is 63.1 Å². The number of methoxy groups -OCH3 is 1. The molecule has 12 N–H and O–H groups in total. The number of imidazole rings is 2. The number of anilines is 2. The highest BCUT2D eigenvalue weighted by Gasteiger charge is 2.51. The van der Waals surface area contributed by atoms with Crippen LogP contribution in [0.3, 0.4) is 0 Å². The van der Waals surface area contributed by atoms with Crippen LogP contribution >= 0.6 is 30.8 Å². The third kappa shape index (κ3) is 19.1. The molecule has 448 valence electrons. The molecule has 33 nitrogen and oxygen atoms in total. The van der Waals surface area contributed by atoms with E-state index in [0.717, 1.165) is 10.9 Å². The summed E-state index contributed by atoms with van der Waals surface area (Å²) in [4.78, 5) is 77.2. The molecule has 4 unspecified atom stereocenters. The molecule has 0 aromatic carbocycles. The van der Waals surface area contributed by atoms with Crippen LogP contribution < -0.4 is 26.7 Å². The van der Waals surface area contributed by atoms with E-state index in [1.165, 1.54) is 88.5 Å². The number of fused-ring (bicyclic) bond motifs is 2. The summed E-state index contributed by atoms with van der Waals surface area (Å²) in [6.07, 6.45) is -9.99. The number of phosphoric ester groups is 1. The summed E-state index contributed by atoms with van der Waals surface area (Å²) in [6, 6.07) is 0. The number of nitrogen functional groups attached to an aromatic ring is 2. The quantitative estimate of drug-likeness (QED) is 0.0330. The number of nitrogens with two attached hydrogens (primary N) is 2. The molecule has 0 amide bonds. The molecule has 2 saturated heterocycles. The number of nitrogens with one attached hydrogen (secondary N) is 1. The first-order valence-electron chi connectivity index (χ1n) is 24.9. The number of aryl methyl sites for hydroxylation is 1. The van der Waals surface area contributed by atoms with Crippen molar-refractivity contribution in [1.82, 2.24) is 48.8 Å². The van der Waals surface area contributed by atoms with Crippen LogP contribution in [0, 0.1) is 0 Å². The molecule has 12 atom stereocenters. The third-order valence-corrected chi connectivity index (χ3v) is 19.7. The van der Waals surface area contributed by atoms with E-state index in [-0.39, 0.29) is 34.2 Å². The van der Waals surface area contributed by atoms with Crippen molar-refractivity contribution in [2.75, 3.05) is 96.6 Å². The van der Waals surface area contributed by atoms with E-state index in [0.29, 0.717) is 0 Å². The maximum absolute atomic E-state index is 12.8. The van der Waals surface area contributed by atoms with Gasteiger partial charge in [0, 0.05) is 13.0 Å². The first-order valence-corrected chi connectivity index (χ1v) is 31.5. The maximum atomic E-state index is 12.8. The highest BCUT2D eigenvalue weighted by Crippen LogP contribution is 2.70. The van der Waals surface area contributed by atoms with Crippen molar-refractivity contribution in [1.29, 1.82) is 0 Å². The van der Waals surface area contributed by atoms with Gasteiger partial charge in [-0.3, -0.25) is 32.6 Å². The zero-order valence-corrected chi connectivity index (χ0v) is 49.2. The predicted molar refractivity (Wildman–Crippen MR) is 280 cm³/mol. The molecular formula is C41H79N13O20P4.